The van der Waals surface area contributed by atoms with Gasteiger partial charge in [0.2, 0.25) is 0 Å². The summed E-state index contributed by atoms with van der Waals surface area (Å²) < 4.78 is 14.2. The van der Waals surface area contributed by atoms with Crippen molar-refractivity contribution in [2.75, 3.05) is 6.61 Å². The van der Waals surface area contributed by atoms with Gasteiger partial charge < -0.3 is 9.67 Å². The Balaban J connectivity index is 2.28. The minimum atomic E-state index is -2.95. The second-order valence-electron chi connectivity index (χ2n) is 5.38. The zero-order valence-electron chi connectivity index (χ0n) is 12.8. The van der Waals surface area contributed by atoms with Gasteiger partial charge in [0.25, 0.3) is 0 Å². The van der Waals surface area contributed by atoms with Crippen molar-refractivity contribution in [2.45, 2.75) is 6.42 Å². The Labute approximate surface area is 136 Å². The lowest BCUT2D eigenvalue weighted by molar-refractivity contribution is 0.300. The lowest BCUT2D eigenvalue weighted by atomic mass is 10.2. The van der Waals surface area contributed by atoms with E-state index in [0.717, 1.165) is 21.5 Å². The molecule has 0 aliphatic heterocycles. The maximum Gasteiger partial charge on any atom is 0.171 e. The van der Waals surface area contributed by atoms with E-state index in [1.165, 1.54) is 0 Å². The number of hydrogen-bond donors (Lipinski definition) is 1. The molecule has 0 spiro atoms. The van der Waals surface area contributed by atoms with E-state index in [2.05, 4.69) is 0 Å². The molecule has 0 saturated carbocycles. The first-order valence-corrected chi connectivity index (χ1v) is 9.38. The molecule has 3 rings (SSSR count). The van der Waals surface area contributed by atoms with Crippen molar-refractivity contribution in [3.8, 4) is 0 Å². The van der Waals surface area contributed by atoms with Gasteiger partial charge in [0.05, 0.1) is 0 Å². The Morgan fingerprint density at radius 2 is 1.17 bits per heavy atom. The summed E-state index contributed by atoms with van der Waals surface area (Å²) in [5.74, 6) is 0. The molecule has 0 radical (unpaired) electrons. The number of hydrogen-bond acceptors (Lipinski definition) is 2. The minimum Gasteiger partial charge on any atom is -0.396 e. The fourth-order valence-electron chi connectivity index (χ4n) is 2.85. The van der Waals surface area contributed by atoms with Crippen LogP contribution in [0.2, 0.25) is 0 Å². The van der Waals surface area contributed by atoms with Crippen LogP contribution >= 0.6 is 7.14 Å². The van der Waals surface area contributed by atoms with Gasteiger partial charge in [0.1, 0.15) is 0 Å². The van der Waals surface area contributed by atoms with E-state index in [0.29, 0.717) is 6.42 Å². The van der Waals surface area contributed by atoms with E-state index in [1.54, 1.807) is 0 Å². The fraction of sp³-hybridized carbons (Fsp3) is 0.100. The molecule has 23 heavy (non-hydrogen) atoms. The SMILES string of the molecule is O=P(c1ccccc1)(c1ccccc1)c1ccccc1CCO. The van der Waals surface area contributed by atoms with Gasteiger partial charge >= 0.3 is 0 Å². The van der Waals surface area contributed by atoms with Crippen molar-refractivity contribution in [2.24, 2.45) is 0 Å². The molecule has 0 aromatic heterocycles. The van der Waals surface area contributed by atoms with Gasteiger partial charge in [-0.3, -0.25) is 0 Å². The third-order valence-corrected chi connectivity index (χ3v) is 7.12. The highest BCUT2D eigenvalue weighted by atomic mass is 31.2. The molecule has 0 amide bonds. The van der Waals surface area contributed by atoms with Crippen molar-refractivity contribution >= 4 is 23.1 Å². The summed E-state index contributed by atoms with van der Waals surface area (Å²) in [7, 11) is -2.95. The van der Waals surface area contributed by atoms with E-state index in [-0.39, 0.29) is 6.61 Å². The Morgan fingerprint density at radius 3 is 1.70 bits per heavy atom. The quantitative estimate of drug-likeness (QED) is 0.734. The monoisotopic (exact) mass is 322 g/mol. The predicted molar refractivity (Wildman–Crippen MR) is 96.6 cm³/mol. The van der Waals surface area contributed by atoms with E-state index < -0.39 is 7.14 Å². The Hall–Kier alpha value is -2.15. The van der Waals surface area contributed by atoms with Crippen molar-refractivity contribution in [1.29, 1.82) is 0 Å². The van der Waals surface area contributed by atoms with Crippen LogP contribution in [0, 0.1) is 0 Å². The predicted octanol–water partition coefficient (Wildman–Crippen LogP) is 2.86. The molecule has 3 aromatic rings. The third-order valence-electron chi connectivity index (χ3n) is 3.95. The smallest absolute Gasteiger partial charge is 0.171 e. The Morgan fingerprint density at radius 1 is 0.696 bits per heavy atom. The Bertz CT molecular complexity index is 770. The standard InChI is InChI=1S/C20H19O2P/c21-16-15-17-9-7-8-14-20(17)23(22,18-10-3-1-4-11-18)19-12-5-2-6-13-19/h1-14,21H,15-16H2. The lowest BCUT2D eigenvalue weighted by Crippen LogP contribution is -2.27. The zero-order valence-corrected chi connectivity index (χ0v) is 13.7. The van der Waals surface area contributed by atoms with Crippen LogP contribution in [-0.4, -0.2) is 11.7 Å². The topological polar surface area (TPSA) is 37.3 Å². The molecule has 0 aliphatic rings. The highest BCUT2D eigenvalue weighted by Crippen LogP contribution is 2.43. The molecule has 116 valence electrons. The first kappa shape index (κ1) is 15.7. The number of benzene rings is 3. The normalized spacial score (nSPS) is 11.3. The van der Waals surface area contributed by atoms with Gasteiger partial charge in [-0.15, -0.1) is 0 Å². The second-order valence-corrected chi connectivity index (χ2v) is 8.12. The summed E-state index contributed by atoms with van der Waals surface area (Å²) in [5.41, 5.74) is 0.936. The molecule has 0 aliphatic carbocycles. The van der Waals surface area contributed by atoms with Crippen molar-refractivity contribution in [1.82, 2.24) is 0 Å². The summed E-state index contributed by atoms with van der Waals surface area (Å²) in [4.78, 5) is 0. The molecule has 0 heterocycles. The first-order valence-electron chi connectivity index (χ1n) is 7.67. The van der Waals surface area contributed by atoms with Crippen molar-refractivity contribution in [3.63, 3.8) is 0 Å². The Kier molecular flexibility index (Phi) is 4.76. The molecule has 1 N–H and O–H groups in total. The van der Waals surface area contributed by atoms with E-state index in [4.69, 9.17) is 0 Å². The fourth-order valence-corrected chi connectivity index (χ4v) is 5.78. The number of aliphatic hydroxyl groups is 1. The lowest BCUT2D eigenvalue weighted by Gasteiger charge is -2.22. The summed E-state index contributed by atoms with van der Waals surface area (Å²) in [6.07, 6.45) is 0.500. The molecule has 3 heteroatoms. The zero-order chi connectivity index (χ0) is 16.1. The van der Waals surface area contributed by atoms with E-state index in [1.807, 2.05) is 84.9 Å². The molecule has 0 atom stereocenters. The summed E-state index contributed by atoms with van der Waals surface area (Å²) in [5, 5.41) is 11.8. The second kappa shape index (κ2) is 6.95. The van der Waals surface area contributed by atoms with E-state index >= 15 is 0 Å². The van der Waals surface area contributed by atoms with Crippen LogP contribution in [0.15, 0.2) is 84.9 Å². The summed E-state index contributed by atoms with van der Waals surface area (Å²) >= 11 is 0. The summed E-state index contributed by atoms with van der Waals surface area (Å²) in [6, 6.07) is 26.9. The first-order chi connectivity index (χ1) is 11.3. The van der Waals surface area contributed by atoms with Crippen molar-refractivity contribution in [3.05, 3.63) is 90.5 Å². The van der Waals surface area contributed by atoms with Crippen LogP contribution in [0.4, 0.5) is 0 Å². The van der Waals surface area contributed by atoms with Crippen LogP contribution in [-0.2, 0) is 11.0 Å². The van der Waals surface area contributed by atoms with Gasteiger partial charge in [-0.2, -0.15) is 0 Å². The number of aliphatic hydroxyl groups excluding tert-OH is 1. The average molecular weight is 322 g/mol. The third kappa shape index (κ3) is 3.01. The van der Waals surface area contributed by atoms with E-state index in [9.17, 15) is 9.67 Å². The molecular weight excluding hydrogens is 303 g/mol. The minimum absolute atomic E-state index is 0.0423. The van der Waals surface area contributed by atoms with Gasteiger partial charge in [-0.1, -0.05) is 84.9 Å². The molecule has 0 saturated heterocycles. The maximum absolute atomic E-state index is 14.2. The van der Waals surface area contributed by atoms with Gasteiger partial charge in [-0.25, -0.2) is 0 Å². The highest BCUT2D eigenvalue weighted by Gasteiger charge is 2.31. The number of rotatable bonds is 5. The molecule has 2 nitrogen and oxygen atoms in total. The van der Waals surface area contributed by atoms with Gasteiger partial charge in [-0.05, 0) is 12.0 Å². The molecular formula is C20H19O2P. The molecule has 0 unspecified atom stereocenters. The van der Waals surface area contributed by atoms with Crippen LogP contribution in [0.3, 0.4) is 0 Å². The van der Waals surface area contributed by atoms with Crippen molar-refractivity contribution < 1.29 is 9.67 Å². The van der Waals surface area contributed by atoms with Crippen LogP contribution in [0.25, 0.3) is 0 Å². The average Bonchev–Trinajstić information content (AvgIpc) is 2.63. The maximum atomic E-state index is 14.2. The van der Waals surface area contributed by atoms with Gasteiger partial charge in [0, 0.05) is 22.5 Å². The van der Waals surface area contributed by atoms with Crippen LogP contribution in [0.5, 0.6) is 0 Å². The molecule has 0 fully saturated rings. The van der Waals surface area contributed by atoms with Crippen LogP contribution < -0.4 is 15.9 Å². The molecule has 0 bridgehead atoms. The largest absolute Gasteiger partial charge is 0.396 e. The summed E-state index contributed by atoms with van der Waals surface area (Å²) in [6.45, 7) is 0.0423. The molecule has 3 aromatic carbocycles. The highest BCUT2D eigenvalue weighted by molar-refractivity contribution is 7.85. The van der Waals surface area contributed by atoms with Gasteiger partial charge in [0.15, 0.2) is 7.14 Å². The van der Waals surface area contributed by atoms with Crippen LogP contribution in [0.1, 0.15) is 5.56 Å².